The van der Waals surface area contributed by atoms with Crippen LogP contribution < -0.4 is 10.5 Å². The smallest absolute Gasteiger partial charge is 0.274 e. The number of hydrogen-bond acceptors (Lipinski definition) is 5. The predicted octanol–water partition coefficient (Wildman–Crippen LogP) is 1.21. The van der Waals surface area contributed by atoms with Crippen molar-refractivity contribution in [2.75, 3.05) is 25.0 Å². The van der Waals surface area contributed by atoms with Crippen LogP contribution in [0.25, 0.3) is 0 Å². The maximum atomic E-state index is 12.6. The minimum absolute atomic E-state index is 0.0855. The summed E-state index contributed by atoms with van der Waals surface area (Å²) in [5, 5.41) is 6.13. The summed E-state index contributed by atoms with van der Waals surface area (Å²) in [4.78, 5) is 32.1. The molecule has 2 aromatic heterocycles. The fourth-order valence-electron chi connectivity index (χ4n) is 2.99. The average Bonchev–Trinajstić information content (AvgIpc) is 2.61. The van der Waals surface area contributed by atoms with E-state index < -0.39 is 0 Å². The Morgan fingerprint density at radius 1 is 1.33 bits per heavy atom. The molecule has 1 aliphatic heterocycles. The van der Waals surface area contributed by atoms with Gasteiger partial charge in [0.2, 0.25) is 0 Å². The molecule has 3 heterocycles. The Morgan fingerprint density at radius 3 is 2.88 bits per heavy atom. The van der Waals surface area contributed by atoms with Gasteiger partial charge in [0.25, 0.3) is 11.5 Å². The molecule has 0 bridgehead atoms. The fraction of sp³-hybridized carbons (Fsp3) is 0.412. The molecular weight excluding hydrogens is 306 g/mol. The van der Waals surface area contributed by atoms with Crippen LogP contribution in [0.2, 0.25) is 0 Å². The first-order valence-electron chi connectivity index (χ1n) is 8.06. The quantitative estimate of drug-likeness (QED) is 0.916. The van der Waals surface area contributed by atoms with Gasteiger partial charge in [-0.3, -0.25) is 9.59 Å². The van der Waals surface area contributed by atoms with E-state index in [0.29, 0.717) is 0 Å². The number of piperidine rings is 1. The van der Waals surface area contributed by atoms with Crippen LogP contribution in [0.15, 0.2) is 35.1 Å². The van der Waals surface area contributed by atoms with Crippen molar-refractivity contribution in [3.63, 3.8) is 0 Å². The Balaban J connectivity index is 1.73. The van der Waals surface area contributed by atoms with Gasteiger partial charge in [0.1, 0.15) is 11.5 Å². The molecule has 7 heteroatoms. The lowest BCUT2D eigenvalue weighted by Gasteiger charge is -2.38. The number of carbonyl (C=O) groups is 1. The van der Waals surface area contributed by atoms with Gasteiger partial charge in [0.15, 0.2) is 0 Å². The molecule has 7 nitrogen and oxygen atoms in total. The summed E-state index contributed by atoms with van der Waals surface area (Å²) in [7, 11) is 1.78. The number of likely N-dealkylation sites (N-methyl/N-ethyl adjacent to an activating group) is 1. The summed E-state index contributed by atoms with van der Waals surface area (Å²) in [6.07, 6.45) is 1.94. The second kappa shape index (κ2) is 6.82. The molecule has 1 atom stereocenters. The summed E-state index contributed by atoms with van der Waals surface area (Å²) >= 11 is 0. The summed E-state index contributed by atoms with van der Waals surface area (Å²) in [6, 6.07) is 8.84. The van der Waals surface area contributed by atoms with Crippen molar-refractivity contribution >= 4 is 11.7 Å². The van der Waals surface area contributed by atoms with Crippen LogP contribution in [0.4, 0.5) is 5.82 Å². The third-order valence-corrected chi connectivity index (χ3v) is 4.36. The predicted molar refractivity (Wildman–Crippen MR) is 91.2 cm³/mol. The number of H-pyrrole nitrogens is 1. The van der Waals surface area contributed by atoms with Gasteiger partial charge >= 0.3 is 0 Å². The SMILES string of the molecule is Cc1cccc(N2CCC[C@@H](N(C)C(=O)c3ccc(=O)[nH]n3)C2)n1. The summed E-state index contributed by atoms with van der Waals surface area (Å²) in [5.41, 5.74) is 0.919. The Morgan fingerprint density at radius 2 is 2.17 bits per heavy atom. The first-order chi connectivity index (χ1) is 11.5. The molecule has 0 saturated carbocycles. The number of aromatic nitrogens is 3. The van der Waals surface area contributed by atoms with Gasteiger partial charge in [0, 0.05) is 37.9 Å². The van der Waals surface area contributed by atoms with E-state index in [-0.39, 0.29) is 23.2 Å². The second-order valence-corrected chi connectivity index (χ2v) is 6.10. The molecule has 0 spiro atoms. The molecule has 24 heavy (non-hydrogen) atoms. The van der Waals surface area contributed by atoms with Crippen LogP contribution in [0.1, 0.15) is 29.0 Å². The van der Waals surface area contributed by atoms with E-state index >= 15 is 0 Å². The third-order valence-electron chi connectivity index (χ3n) is 4.36. The van der Waals surface area contributed by atoms with E-state index in [4.69, 9.17) is 0 Å². The highest BCUT2D eigenvalue weighted by Gasteiger charge is 2.28. The van der Waals surface area contributed by atoms with Gasteiger partial charge in [-0.25, -0.2) is 10.1 Å². The number of rotatable bonds is 3. The van der Waals surface area contributed by atoms with Crippen molar-refractivity contribution in [2.24, 2.45) is 0 Å². The second-order valence-electron chi connectivity index (χ2n) is 6.10. The first kappa shape index (κ1) is 16.2. The molecule has 0 aliphatic carbocycles. The van der Waals surface area contributed by atoms with Crippen molar-refractivity contribution in [2.45, 2.75) is 25.8 Å². The lowest BCUT2D eigenvalue weighted by molar-refractivity contribution is 0.0710. The molecule has 1 aliphatic rings. The van der Waals surface area contributed by atoms with Crippen LogP contribution in [-0.4, -0.2) is 52.2 Å². The normalized spacial score (nSPS) is 17.6. The molecule has 126 valence electrons. The molecule has 0 unspecified atom stereocenters. The van der Waals surface area contributed by atoms with Gasteiger partial charge in [-0.2, -0.15) is 5.10 Å². The third kappa shape index (κ3) is 3.45. The number of pyridine rings is 1. The molecule has 0 aromatic carbocycles. The van der Waals surface area contributed by atoms with Crippen LogP contribution in [0.5, 0.6) is 0 Å². The fourth-order valence-corrected chi connectivity index (χ4v) is 2.99. The molecule has 2 aromatic rings. The van der Waals surface area contributed by atoms with Gasteiger partial charge in [-0.15, -0.1) is 0 Å². The lowest BCUT2D eigenvalue weighted by Crippen LogP contribution is -2.49. The maximum Gasteiger partial charge on any atom is 0.274 e. The number of nitrogens with zero attached hydrogens (tertiary/aromatic N) is 4. The van der Waals surface area contributed by atoms with Crippen LogP contribution >= 0.6 is 0 Å². The van der Waals surface area contributed by atoms with E-state index in [9.17, 15) is 9.59 Å². The van der Waals surface area contributed by atoms with E-state index in [1.54, 1.807) is 11.9 Å². The van der Waals surface area contributed by atoms with Gasteiger partial charge < -0.3 is 9.80 Å². The van der Waals surface area contributed by atoms with Gasteiger partial charge in [-0.1, -0.05) is 6.07 Å². The number of anilines is 1. The Hall–Kier alpha value is -2.70. The molecule has 3 rings (SSSR count). The first-order valence-corrected chi connectivity index (χ1v) is 8.06. The number of aryl methyl sites for hydroxylation is 1. The molecule has 1 saturated heterocycles. The topological polar surface area (TPSA) is 82.2 Å². The standard InChI is InChI=1S/C17H21N5O2/c1-12-5-3-7-15(18-12)22-10-4-6-13(11-22)21(2)17(24)14-8-9-16(23)20-19-14/h3,5,7-9,13H,4,6,10-11H2,1-2H3,(H,20,23)/t13-/m1/s1. The highest BCUT2D eigenvalue weighted by atomic mass is 16.2. The average molecular weight is 327 g/mol. The number of amides is 1. The van der Waals surface area contributed by atoms with Crippen molar-refractivity contribution in [3.05, 3.63) is 52.1 Å². The number of carbonyl (C=O) groups excluding carboxylic acids is 1. The summed E-state index contributed by atoms with van der Waals surface area (Å²) < 4.78 is 0. The highest BCUT2D eigenvalue weighted by Crippen LogP contribution is 2.21. The summed E-state index contributed by atoms with van der Waals surface area (Å²) in [6.45, 7) is 3.65. The van der Waals surface area contributed by atoms with Gasteiger partial charge in [-0.05, 0) is 38.0 Å². The Labute approximate surface area is 140 Å². The minimum atomic E-state index is -0.316. The summed E-state index contributed by atoms with van der Waals surface area (Å²) in [5.74, 6) is 0.762. The Kier molecular flexibility index (Phi) is 4.59. The van der Waals surface area contributed by atoms with Crippen LogP contribution in [0, 0.1) is 6.92 Å². The van der Waals surface area contributed by atoms with E-state index in [0.717, 1.165) is 37.4 Å². The van der Waals surface area contributed by atoms with Crippen molar-refractivity contribution in [1.82, 2.24) is 20.1 Å². The zero-order valence-electron chi connectivity index (χ0n) is 13.9. The van der Waals surface area contributed by atoms with Crippen LogP contribution in [-0.2, 0) is 0 Å². The number of aromatic amines is 1. The van der Waals surface area contributed by atoms with E-state index in [1.807, 2.05) is 25.1 Å². The van der Waals surface area contributed by atoms with Crippen molar-refractivity contribution in [3.8, 4) is 0 Å². The molecule has 1 amide bonds. The zero-order valence-corrected chi connectivity index (χ0v) is 13.9. The largest absolute Gasteiger partial charge is 0.355 e. The Bertz CT molecular complexity index is 768. The van der Waals surface area contributed by atoms with Gasteiger partial charge in [0.05, 0.1) is 0 Å². The maximum absolute atomic E-state index is 12.6. The molecule has 1 N–H and O–H groups in total. The lowest BCUT2D eigenvalue weighted by atomic mass is 10.0. The van der Waals surface area contributed by atoms with E-state index in [2.05, 4.69) is 20.1 Å². The molecular formula is C17H21N5O2. The number of nitrogens with one attached hydrogen (secondary N) is 1. The monoisotopic (exact) mass is 327 g/mol. The van der Waals surface area contributed by atoms with Crippen molar-refractivity contribution in [1.29, 1.82) is 0 Å². The highest BCUT2D eigenvalue weighted by molar-refractivity contribution is 5.92. The molecule has 1 fully saturated rings. The molecule has 0 radical (unpaired) electrons. The van der Waals surface area contributed by atoms with Crippen LogP contribution in [0.3, 0.4) is 0 Å². The number of hydrogen-bond donors (Lipinski definition) is 1. The zero-order chi connectivity index (χ0) is 17.1. The minimum Gasteiger partial charge on any atom is -0.355 e. The van der Waals surface area contributed by atoms with Crippen molar-refractivity contribution < 1.29 is 4.79 Å². The van der Waals surface area contributed by atoms with E-state index in [1.165, 1.54) is 12.1 Å².